The molecule has 178 valence electrons. The number of allylic oxidation sites excluding steroid dienone is 1. The fourth-order valence-electron chi connectivity index (χ4n) is 5.70. The zero-order valence-corrected chi connectivity index (χ0v) is 19.2. The first kappa shape index (κ1) is 21.5. The van der Waals surface area contributed by atoms with Crippen molar-refractivity contribution in [2.24, 2.45) is 0 Å². The fraction of sp³-hybridized carbons (Fsp3) is 0.440. The summed E-state index contributed by atoms with van der Waals surface area (Å²) in [5.41, 5.74) is 7.32. The van der Waals surface area contributed by atoms with E-state index in [9.17, 15) is 5.11 Å². The lowest BCUT2D eigenvalue weighted by atomic mass is 9.95. The third-order valence-electron chi connectivity index (χ3n) is 7.39. The van der Waals surface area contributed by atoms with Crippen molar-refractivity contribution in [2.75, 3.05) is 20.2 Å². The van der Waals surface area contributed by atoms with Gasteiger partial charge in [0.2, 0.25) is 5.88 Å². The fourth-order valence-corrected chi connectivity index (χ4v) is 5.70. The van der Waals surface area contributed by atoms with Gasteiger partial charge < -0.3 is 15.2 Å². The van der Waals surface area contributed by atoms with E-state index in [1.807, 2.05) is 24.5 Å². The number of hydroxylamine groups is 3. The summed E-state index contributed by atoms with van der Waals surface area (Å²) in [6.45, 7) is 1.45. The molecular formula is C25H30N6O3. The lowest BCUT2D eigenvalue weighted by molar-refractivity contribution is -0.112. The molecule has 2 bridgehead atoms. The molecule has 3 unspecified atom stereocenters. The van der Waals surface area contributed by atoms with Gasteiger partial charge in [0, 0.05) is 55.2 Å². The number of nitrogens with one attached hydrogen (secondary N) is 2. The quantitative estimate of drug-likeness (QED) is 0.573. The molecule has 0 radical (unpaired) electrons. The maximum Gasteiger partial charge on any atom is 0.213 e. The van der Waals surface area contributed by atoms with E-state index in [2.05, 4.69) is 37.8 Å². The van der Waals surface area contributed by atoms with Crippen molar-refractivity contribution in [3.8, 4) is 5.88 Å². The molecule has 2 aromatic heterocycles. The molecule has 6 heterocycles. The molecule has 34 heavy (non-hydrogen) atoms. The number of aliphatic hydroxyl groups is 1. The number of ether oxygens (including phenoxy) is 1. The van der Waals surface area contributed by atoms with E-state index in [-0.39, 0.29) is 0 Å². The van der Waals surface area contributed by atoms with Crippen LogP contribution >= 0.6 is 0 Å². The third kappa shape index (κ3) is 4.05. The van der Waals surface area contributed by atoms with Gasteiger partial charge in [-0.25, -0.2) is 15.5 Å². The summed E-state index contributed by atoms with van der Waals surface area (Å²) in [5, 5.41) is 16.7. The van der Waals surface area contributed by atoms with Crippen molar-refractivity contribution < 1.29 is 14.8 Å². The Balaban J connectivity index is 1.10. The number of nitrogens with zero attached hydrogens (tertiary/aromatic N) is 4. The van der Waals surface area contributed by atoms with Gasteiger partial charge in [0.1, 0.15) is 0 Å². The van der Waals surface area contributed by atoms with Gasteiger partial charge >= 0.3 is 0 Å². The second-order valence-electron chi connectivity index (χ2n) is 9.41. The van der Waals surface area contributed by atoms with Gasteiger partial charge in [0.05, 0.1) is 36.1 Å². The number of fused-ring (bicyclic) bond motifs is 4. The van der Waals surface area contributed by atoms with Crippen LogP contribution in [0.5, 0.6) is 5.88 Å². The maximum absolute atomic E-state index is 11.2. The Kier molecular flexibility index (Phi) is 5.70. The van der Waals surface area contributed by atoms with E-state index in [0.29, 0.717) is 36.1 Å². The first-order valence-electron chi connectivity index (χ1n) is 12.0. The topological polar surface area (TPSA) is 95.0 Å². The number of pyridine rings is 2. The second-order valence-corrected chi connectivity index (χ2v) is 9.41. The monoisotopic (exact) mass is 462 g/mol. The van der Waals surface area contributed by atoms with Gasteiger partial charge in [-0.2, -0.15) is 4.94 Å². The van der Waals surface area contributed by atoms with Gasteiger partial charge in [-0.15, -0.1) is 0 Å². The Bertz CT molecular complexity index is 1150. The van der Waals surface area contributed by atoms with Crippen molar-refractivity contribution in [1.29, 1.82) is 0 Å². The third-order valence-corrected chi connectivity index (χ3v) is 7.39. The number of piperidine rings is 1. The van der Waals surface area contributed by atoms with Crippen LogP contribution in [0.4, 0.5) is 0 Å². The predicted octanol–water partition coefficient (Wildman–Crippen LogP) is 2.30. The van der Waals surface area contributed by atoms with Crippen LogP contribution in [-0.4, -0.2) is 63.4 Å². The Morgan fingerprint density at radius 3 is 2.94 bits per heavy atom. The van der Waals surface area contributed by atoms with Crippen LogP contribution in [0.1, 0.15) is 37.4 Å². The van der Waals surface area contributed by atoms with Crippen LogP contribution in [0.15, 0.2) is 60.2 Å². The molecule has 0 amide bonds. The SMILES string of the molecule is COc1ccc2nccc(C(O)CN3C4CCC3CC(NCC3=CC5=CNON5C=C3)C4)c2n1. The standard InChI is InChI=1S/C25H30N6O3/c1-33-24-5-4-22-25(29-24)21(6-8-26-22)23(32)15-30-18-2-3-19(30)12-17(11-18)27-13-16-7-9-31-20(10-16)14-28-34-31/h4-10,14,17-19,23,27-28,32H,2-3,11-13,15H2,1H3. The zero-order valence-electron chi connectivity index (χ0n) is 19.2. The Labute approximate surface area is 198 Å². The van der Waals surface area contributed by atoms with Crippen LogP contribution in [0.3, 0.4) is 0 Å². The van der Waals surface area contributed by atoms with Crippen molar-refractivity contribution in [3.05, 3.63) is 65.8 Å². The number of aromatic nitrogens is 2. The molecule has 4 aliphatic heterocycles. The number of methoxy groups -OCH3 is 1. The molecule has 2 saturated heterocycles. The number of aliphatic hydroxyl groups excluding tert-OH is 1. The summed E-state index contributed by atoms with van der Waals surface area (Å²) in [6.07, 6.45) is 13.7. The second kappa shape index (κ2) is 8.99. The average Bonchev–Trinajstić information content (AvgIpc) is 3.42. The molecule has 9 heteroatoms. The minimum absolute atomic E-state index is 0.484. The van der Waals surface area contributed by atoms with Gasteiger partial charge in [0.15, 0.2) is 0 Å². The van der Waals surface area contributed by atoms with Gasteiger partial charge in [0.25, 0.3) is 0 Å². The highest BCUT2D eigenvalue weighted by Gasteiger charge is 2.41. The van der Waals surface area contributed by atoms with E-state index in [1.165, 1.54) is 18.4 Å². The maximum atomic E-state index is 11.2. The minimum Gasteiger partial charge on any atom is -0.481 e. The summed E-state index contributed by atoms with van der Waals surface area (Å²) in [7, 11) is 1.60. The summed E-state index contributed by atoms with van der Waals surface area (Å²) >= 11 is 0. The van der Waals surface area contributed by atoms with Crippen molar-refractivity contribution in [1.82, 2.24) is 30.7 Å². The summed E-state index contributed by atoms with van der Waals surface area (Å²) < 4.78 is 5.29. The molecule has 4 aliphatic rings. The number of hydrogen-bond acceptors (Lipinski definition) is 9. The number of hydrogen-bond donors (Lipinski definition) is 3. The van der Waals surface area contributed by atoms with E-state index >= 15 is 0 Å². The Hall–Kier alpha value is -2.98. The van der Waals surface area contributed by atoms with Gasteiger partial charge in [-0.05, 0) is 55.5 Å². The molecular weight excluding hydrogens is 432 g/mol. The zero-order chi connectivity index (χ0) is 23.1. The molecule has 9 nitrogen and oxygen atoms in total. The van der Waals surface area contributed by atoms with Gasteiger partial charge in [-0.3, -0.25) is 9.88 Å². The van der Waals surface area contributed by atoms with Gasteiger partial charge in [-0.1, -0.05) is 0 Å². The molecule has 2 fully saturated rings. The average molecular weight is 463 g/mol. The molecule has 6 rings (SSSR count). The summed E-state index contributed by atoms with van der Waals surface area (Å²) in [6, 6.07) is 7.03. The summed E-state index contributed by atoms with van der Waals surface area (Å²) in [4.78, 5) is 16.7. The van der Waals surface area contributed by atoms with Crippen LogP contribution in [-0.2, 0) is 4.94 Å². The minimum atomic E-state index is -0.617. The Morgan fingerprint density at radius 2 is 2.12 bits per heavy atom. The first-order valence-corrected chi connectivity index (χ1v) is 12.0. The van der Waals surface area contributed by atoms with Crippen LogP contribution in [0.2, 0.25) is 0 Å². The van der Waals surface area contributed by atoms with E-state index in [1.54, 1.807) is 24.4 Å². The molecule has 0 saturated carbocycles. The van der Waals surface area contributed by atoms with Crippen LogP contribution in [0.25, 0.3) is 11.0 Å². The lowest BCUT2D eigenvalue weighted by Crippen LogP contribution is -2.50. The summed E-state index contributed by atoms with van der Waals surface area (Å²) in [5.74, 6) is 0.532. The lowest BCUT2D eigenvalue weighted by Gasteiger charge is -2.40. The van der Waals surface area contributed by atoms with Crippen molar-refractivity contribution in [3.63, 3.8) is 0 Å². The van der Waals surface area contributed by atoms with Crippen molar-refractivity contribution in [2.45, 2.75) is 49.9 Å². The smallest absolute Gasteiger partial charge is 0.213 e. The predicted molar refractivity (Wildman–Crippen MR) is 127 cm³/mol. The highest BCUT2D eigenvalue weighted by Crippen LogP contribution is 2.37. The van der Waals surface area contributed by atoms with E-state index < -0.39 is 6.10 Å². The molecule has 3 atom stereocenters. The molecule has 3 N–H and O–H groups in total. The molecule has 0 aromatic carbocycles. The van der Waals surface area contributed by atoms with Crippen molar-refractivity contribution >= 4 is 11.0 Å². The number of rotatable bonds is 7. The normalized spacial score (nSPS) is 26.8. The van der Waals surface area contributed by atoms with Crippen LogP contribution in [0, 0.1) is 0 Å². The molecule has 0 aliphatic carbocycles. The highest BCUT2D eigenvalue weighted by molar-refractivity contribution is 5.78. The van der Waals surface area contributed by atoms with Crippen LogP contribution < -0.4 is 15.5 Å². The Morgan fingerprint density at radius 1 is 1.26 bits per heavy atom. The van der Waals surface area contributed by atoms with E-state index in [0.717, 1.165) is 36.2 Å². The van der Waals surface area contributed by atoms with E-state index in [4.69, 9.17) is 9.68 Å². The molecule has 0 spiro atoms. The first-order chi connectivity index (χ1) is 16.7. The molecule has 2 aromatic rings. The largest absolute Gasteiger partial charge is 0.481 e. The highest BCUT2D eigenvalue weighted by atomic mass is 16.8.